The Morgan fingerprint density at radius 1 is 1.50 bits per heavy atom. The fourth-order valence-corrected chi connectivity index (χ4v) is 5.09. The van der Waals surface area contributed by atoms with Gasteiger partial charge in [0.2, 0.25) is 10.0 Å². The normalized spacial score (nSPS) is 18.1. The Balaban J connectivity index is 2.21. The maximum absolute atomic E-state index is 12.4. The highest BCUT2D eigenvalue weighted by molar-refractivity contribution is 7.89. The van der Waals surface area contributed by atoms with Gasteiger partial charge in [-0.2, -0.15) is 0 Å². The summed E-state index contributed by atoms with van der Waals surface area (Å²) in [6.45, 7) is 3.27. The van der Waals surface area contributed by atoms with Crippen molar-refractivity contribution in [2.45, 2.75) is 37.2 Å². The summed E-state index contributed by atoms with van der Waals surface area (Å²) < 4.78 is 32.7. The summed E-state index contributed by atoms with van der Waals surface area (Å²) in [6.07, 6.45) is 1.45. The molecule has 0 amide bonds. The Morgan fingerprint density at radius 3 is 2.78 bits per heavy atom. The first kappa shape index (κ1) is 14.0. The maximum atomic E-state index is 12.4. The topological polar surface area (TPSA) is 81.4 Å². The molecular formula is C11H18N2O3S2. The standard InChI is InChI=1S/C11H18N2O3S2/c1-8-7-17-10(6-12)11(8)18(14,15)13-9-2-4-16-5-3-9/h7,9,13H,2-6,12H2,1H3. The number of hydrogen-bond acceptors (Lipinski definition) is 5. The van der Waals surface area contributed by atoms with Crippen molar-refractivity contribution in [3.63, 3.8) is 0 Å². The fourth-order valence-electron chi connectivity index (χ4n) is 2.08. The number of sulfonamides is 1. The van der Waals surface area contributed by atoms with E-state index < -0.39 is 10.0 Å². The van der Waals surface area contributed by atoms with E-state index in [0.29, 0.717) is 23.0 Å². The van der Waals surface area contributed by atoms with Crippen LogP contribution in [0.25, 0.3) is 0 Å². The van der Waals surface area contributed by atoms with Crippen LogP contribution in [-0.2, 0) is 21.3 Å². The Hall–Kier alpha value is -0.470. The van der Waals surface area contributed by atoms with Gasteiger partial charge in [-0.1, -0.05) is 0 Å². The minimum Gasteiger partial charge on any atom is -0.381 e. The highest BCUT2D eigenvalue weighted by Gasteiger charge is 2.26. The van der Waals surface area contributed by atoms with Crippen molar-refractivity contribution in [2.24, 2.45) is 5.73 Å². The molecule has 1 aliphatic rings. The van der Waals surface area contributed by atoms with Gasteiger partial charge in [0.05, 0.1) is 0 Å². The van der Waals surface area contributed by atoms with Gasteiger partial charge in [-0.05, 0) is 30.7 Å². The van der Waals surface area contributed by atoms with Crippen LogP contribution >= 0.6 is 11.3 Å². The first-order valence-corrected chi connectivity index (χ1v) is 8.28. The fraction of sp³-hybridized carbons (Fsp3) is 0.636. The summed E-state index contributed by atoms with van der Waals surface area (Å²) in [5.41, 5.74) is 6.36. The van der Waals surface area contributed by atoms with E-state index in [9.17, 15) is 8.42 Å². The molecule has 1 aromatic rings. The Kier molecular flexibility index (Phi) is 4.39. The van der Waals surface area contributed by atoms with Crippen LogP contribution in [0.15, 0.2) is 10.3 Å². The molecule has 0 aromatic carbocycles. The molecule has 1 saturated heterocycles. The number of ether oxygens (including phenoxy) is 1. The molecule has 0 radical (unpaired) electrons. The van der Waals surface area contributed by atoms with Gasteiger partial charge in [0.1, 0.15) is 4.90 Å². The molecule has 7 heteroatoms. The first-order valence-electron chi connectivity index (χ1n) is 5.91. The van der Waals surface area contributed by atoms with Crippen LogP contribution in [0.1, 0.15) is 23.3 Å². The average molecular weight is 290 g/mol. The van der Waals surface area contributed by atoms with Gasteiger partial charge in [0, 0.05) is 30.7 Å². The lowest BCUT2D eigenvalue weighted by molar-refractivity contribution is 0.0832. The molecule has 0 saturated carbocycles. The third-order valence-electron chi connectivity index (χ3n) is 2.99. The monoisotopic (exact) mass is 290 g/mol. The lowest BCUT2D eigenvalue weighted by Crippen LogP contribution is -2.39. The van der Waals surface area contributed by atoms with Gasteiger partial charge in [-0.15, -0.1) is 11.3 Å². The summed E-state index contributed by atoms with van der Waals surface area (Å²) >= 11 is 1.40. The largest absolute Gasteiger partial charge is 0.381 e. The van der Waals surface area contributed by atoms with Gasteiger partial charge >= 0.3 is 0 Å². The van der Waals surface area contributed by atoms with E-state index in [2.05, 4.69) is 4.72 Å². The van der Waals surface area contributed by atoms with E-state index in [1.165, 1.54) is 11.3 Å². The van der Waals surface area contributed by atoms with Crippen molar-refractivity contribution < 1.29 is 13.2 Å². The lowest BCUT2D eigenvalue weighted by Gasteiger charge is -2.23. The number of thiophene rings is 1. The van der Waals surface area contributed by atoms with Crippen molar-refractivity contribution in [3.8, 4) is 0 Å². The van der Waals surface area contributed by atoms with E-state index in [4.69, 9.17) is 10.5 Å². The predicted octanol–water partition coefficient (Wildman–Crippen LogP) is 0.973. The molecule has 1 aliphatic heterocycles. The predicted molar refractivity (Wildman–Crippen MR) is 71.1 cm³/mol. The van der Waals surface area contributed by atoms with Crippen LogP contribution in [0.2, 0.25) is 0 Å². The Bertz CT molecular complexity index is 504. The van der Waals surface area contributed by atoms with E-state index in [1.807, 2.05) is 5.38 Å². The quantitative estimate of drug-likeness (QED) is 0.866. The Morgan fingerprint density at radius 2 is 2.17 bits per heavy atom. The Labute approximate surface area is 111 Å². The molecule has 0 aliphatic carbocycles. The molecular weight excluding hydrogens is 272 g/mol. The number of nitrogens with one attached hydrogen (secondary N) is 1. The minimum absolute atomic E-state index is 0.0336. The summed E-state index contributed by atoms with van der Waals surface area (Å²) in [4.78, 5) is 1.08. The van der Waals surface area contributed by atoms with E-state index in [-0.39, 0.29) is 12.6 Å². The summed E-state index contributed by atoms with van der Waals surface area (Å²) in [5.74, 6) is 0. The lowest BCUT2D eigenvalue weighted by atomic mass is 10.1. The zero-order chi connectivity index (χ0) is 13.2. The van der Waals surface area contributed by atoms with Crippen LogP contribution in [0.4, 0.5) is 0 Å². The SMILES string of the molecule is Cc1csc(CN)c1S(=O)(=O)NC1CCOCC1. The van der Waals surface area contributed by atoms with Crippen molar-refractivity contribution in [1.82, 2.24) is 4.72 Å². The van der Waals surface area contributed by atoms with E-state index in [0.717, 1.165) is 18.4 Å². The summed E-state index contributed by atoms with van der Waals surface area (Å²) in [6, 6.07) is -0.0336. The molecule has 18 heavy (non-hydrogen) atoms. The second-order valence-corrected chi connectivity index (χ2v) is 7.00. The van der Waals surface area contributed by atoms with Crippen molar-refractivity contribution in [1.29, 1.82) is 0 Å². The molecule has 3 N–H and O–H groups in total. The molecule has 2 rings (SSSR count). The molecule has 2 heterocycles. The highest BCUT2D eigenvalue weighted by Crippen LogP contribution is 2.27. The van der Waals surface area contributed by atoms with E-state index >= 15 is 0 Å². The van der Waals surface area contributed by atoms with Crippen LogP contribution in [-0.4, -0.2) is 27.7 Å². The van der Waals surface area contributed by atoms with Gasteiger partial charge in [0.15, 0.2) is 0 Å². The second kappa shape index (κ2) is 5.66. The van der Waals surface area contributed by atoms with Gasteiger partial charge < -0.3 is 10.5 Å². The molecule has 0 spiro atoms. The molecule has 102 valence electrons. The van der Waals surface area contributed by atoms with Gasteiger partial charge in [0.25, 0.3) is 0 Å². The number of rotatable bonds is 4. The molecule has 0 bridgehead atoms. The summed E-state index contributed by atoms with van der Waals surface area (Å²) in [7, 11) is -3.47. The molecule has 0 atom stereocenters. The van der Waals surface area contributed by atoms with Crippen LogP contribution in [0.3, 0.4) is 0 Å². The molecule has 1 aromatic heterocycles. The third kappa shape index (κ3) is 2.92. The zero-order valence-corrected chi connectivity index (χ0v) is 11.9. The molecule has 5 nitrogen and oxygen atoms in total. The van der Waals surface area contributed by atoms with Crippen LogP contribution in [0, 0.1) is 6.92 Å². The second-order valence-electron chi connectivity index (χ2n) is 4.38. The number of hydrogen-bond donors (Lipinski definition) is 2. The van der Waals surface area contributed by atoms with Gasteiger partial charge in [-0.25, -0.2) is 13.1 Å². The zero-order valence-electron chi connectivity index (χ0n) is 10.3. The number of aryl methyl sites for hydroxylation is 1. The van der Waals surface area contributed by atoms with Crippen molar-refractivity contribution in [2.75, 3.05) is 13.2 Å². The van der Waals surface area contributed by atoms with Crippen LogP contribution < -0.4 is 10.5 Å². The van der Waals surface area contributed by atoms with Crippen molar-refractivity contribution in [3.05, 3.63) is 15.8 Å². The average Bonchev–Trinajstić information content (AvgIpc) is 2.72. The third-order valence-corrected chi connectivity index (χ3v) is 5.99. The van der Waals surface area contributed by atoms with Crippen LogP contribution in [0.5, 0.6) is 0 Å². The highest BCUT2D eigenvalue weighted by atomic mass is 32.2. The number of nitrogens with two attached hydrogens (primary N) is 1. The molecule has 0 unspecified atom stereocenters. The van der Waals surface area contributed by atoms with Gasteiger partial charge in [-0.3, -0.25) is 0 Å². The summed E-state index contributed by atoms with van der Waals surface area (Å²) in [5, 5.41) is 1.83. The first-order chi connectivity index (χ1) is 8.54. The minimum atomic E-state index is -3.47. The van der Waals surface area contributed by atoms with E-state index in [1.54, 1.807) is 6.92 Å². The maximum Gasteiger partial charge on any atom is 0.242 e. The van der Waals surface area contributed by atoms with Crippen molar-refractivity contribution >= 4 is 21.4 Å². The molecule has 1 fully saturated rings. The smallest absolute Gasteiger partial charge is 0.242 e.